The Kier molecular flexibility index (Phi) is 5.60. The molecule has 1 aromatic heterocycles. The predicted octanol–water partition coefficient (Wildman–Crippen LogP) is 0.778. The SMILES string of the molecule is CC[C@H](Sc1n[nH]c(=O)[nH]c1=O)C(=O)NC1CCCCC1. The maximum absolute atomic E-state index is 12.3. The van der Waals surface area contributed by atoms with Crippen LogP contribution in [-0.4, -0.2) is 32.4 Å². The van der Waals surface area contributed by atoms with E-state index in [1.54, 1.807) is 0 Å². The minimum atomic E-state index is -0.649. The van der Waals surface area contributed by atoms with Gasteiger partial charge in [-0.15, -0.1) is 0 Å². The quantitative estimate of drug-likeness (QED) is 0.696. The van der Waals surface area contributed by atoms with Gasteiger partial charge >= 0.3 is 5.69 Å². The van der Waals surface area contributed by atoms with Crippen LogP contribution >= 0.6 is 11.8 Å². The molecule has 0 radical (unpaired) electrons. The van der Waals surface area contributed by atoms with E-state index in [2.05, 4.69) is 20.5 Å². The molecule has 8 heteroatoms. The van der Waals surface area contributed by atoms with Crippen LogP contribution in [0.4, 0.5) is 0 Å². The van der Waals surface area contributed by atoms with Gasteiger partial charge in [-0.1, -0.05) is 37.9 Å². The molecule has 0 aliphatic heterocycles. The molecule has 21 heavy (non-hydrogen) atoms. The van der Waals surface area contributed by atoms with Crippen molar-refractivity contribution in [3.05, 3.63) is 20.8 Å². The highest BCUT2D eigenvalue weighted by Crippen LogP contribution is 2.22. The minimum Gasteiger partial charge on any atom is -0.352 e. The zero-order chi connectivity index (χ0) is 15.2. The number of carbonyl (C=O) groups is 1. The number of nitrogens with zero attached hydrogens (tertiary/aromatic N) is 1. The Bertz CT molecular complexity index is 592. The van der Waals surface area contributed by atoms with Gasteiger partial charge in [0.25, 0.3) is 5.56 Å². The van der Waals surface area contributed by atoms with Crippen molar-refractivity contribution in [3.8, 4) is 0 Å². The highest BCUT2D eigenvalue weighted by atomic mass is 32.2. The Labute approximate surface area is 126 Å². The first-order valence-electron chi connectivity index (χ1n) is 7.26. The van der Waals surface area contributed by atoms with Gasteiger partial charge < -0.3 is 5.32 Å². The standard InChI is InChI=1S/C13H20N4O3S/c1-2-9(10(18)14-8-6-4-3-5-7-8)21-12-11(19)15-13(20)17-16-12/h8-9H,2-7H2,1H3,(H,14,18)(H2,15,17,19,20)/t9-/m0/s1. The van der Waals surface area contributed by atoms with Crippen LogP contribution in [0, 0.1) is 0 Å². The van der Waals surface area contributed by atoms with E-state index in [-0.39, 0.29) is 22.2 Å². The summed E-state index contributed by atoms with van der Waals surface area (Å²) in [4.78, 5) is 36.9. The van der Waals surface area contributed by atoms with Gasteiger partial charge in [0.05, 0.1) is 5.25 Å². The first-order valence-corrected chi connectivity index (χ1v) is 8.14. The lowest BCUT2D eigenvalue weighted by Crippen LogP contribution is -2.41. The van der Waals surface area contributed by atoms with Gasteiger partial charge in [0.15, 0.2) is 5.03 Å². The first-order chi connectivity index (χ1) is 10.1. The Morgan fingerprint density at radius 1 is 1.38 bits per heavy atom. The number of hydrogen-bond donors (Lipinski definition) is 3. The molecule has 0 spiro atoms. The summed E-state index contributed by atoms with van der Waals surface area (Å²) in [5.41, 5.74) is -1.21. The van der Waals surface area contributed by atoms with E-state index in [9.17, 15) is 14.4 Å². The van der Waals surface area contributed by atoms with E-state index in [0.29, 0.717) is 6.42 Å². The molecular weight excluding hydrogens is 292 g/mol. The van der Waals surface area contributed by atoms with Crippen molar-refractivity contribution in [2.75, 3.05) is 0 Å². The van der Waals surface area contributed by atoms with Crippen LogP contribution < -0.4 is 16.6 Å². The van der Waals surface area contributed by atoms with E-state index >= 15 is 0 Å². The first kappa shape index (κ1) is 15.8. The molecule has 116 valence electrons. The fraction of sp³-hybridized carbons (Fsp3) is 0.692. The van der Waals surface area contributed by atoms with E-state index in [0.717, 1.165) is 37.4 Å². The van der Waals surface area contributed by atoms with Crippen LogP contribution in [0.25, 0.3) is 0 Å². The molecule has 1 heterocycles. The molecule has 7 nitrogen and oxygen atoms in total. The van der Waals surface area contributed by atoms with Crippen molar-refractivity contribution in [2.24, 2.45) is 0 Å². The van der Waals surface area contributed by atoms with Gasteiger partial charge in [0.1, 0.15) is 0 Å². The molecule has 1 aliphatic carbocycles. The number of aromatic nitrogens is 3. The largest absolute Gasteiger partial charge is 0.352 e. The summed E-state index contributed by atoms with van der Waals surface area (Å²) in [5, 5.41) is 8.65. The molecule has 0 aromatic carbocycles. The molecule has 0 saturated heterocycles. The molecule has 1 amide bonds. The topological polar surface area (TPSA) is 108 Å². The van der Waals surface area contributed by atoms with Gasteiger partial charge in [-0.05, 0) is 19.3 Å². The average molecular weight is 312 g/mol. The summed E-state index contributed by atoms with van der Waals surface area (Å²) in [6.45, 7) is 1.89. The van der Waals surface area contributed by atoms with Crippen molar-refractivity contribution >= 4 is 17.7 Å². The lowest BCUT2D eigenvalue weighted by Gasteiger charge is -2.24. The zero-order valence-electron chi connectivity index (χ0n) is 12.0. The summed E-state index contributed by atoms with van der Waals surface area (Å²) in [7, 11) is 0. The molecule has 1 saturated carbocycles. The second-order valence-electron chi connectivity index (χ2n) is 5.17. The minimum absolute atomic E-state index is 0.0678. The molecule has 0 bridgehead atoms. The second-order valence-corrected chi connectivity index (χ2v) is 6.36. The van der Waals surface area contributed by atoms with E-state index in [4.69, 9.17) is 0 Å². The van der Waals surface area contributed by atoms with E-state index in [1.165, 1.54) is 6.42 Å². The number of aromatic amines is 2. The Morgan fingerprint density at radius 3 is 2.71 bits per heavy atom. The molecule has 1 atom stereocenters. The molecule has 1 aromatic rings. The van der Waals surface area contributed by atoms with Gasteiger partial charge in [0, 0.05) is 6.04 Å². The fourth-order valence-corrected chi connectivity index (χ4v) is 3.28. The fourth-order valence-electron chi connectivity index (χ4n) is 2.41. The number of H-pyrrole nitrogens is 2. The van der Waals surface area contributed by atoms with Crippen molar-refractivity contribution in [1.29, 1.82) is 0 Å². The van der Waals surface area contributed by atoms with Crippen molar-refractivity contribution in [3.63, 3.8) is 0 Å². The molecule has 1 aliphatic rings. The van der Waals surface area contributed by atoms with Crippen LogP contribution in [0.1, 0.15) is 45.4 Å². The number of carbonyl (C=O) groups excluding carboxylic acids is 1. The van der Waals surface area contributed by atoms with Gasteiger partial charge in [0.2, 0.25) is 5.91 Å². The van der Waals surface area contributed by atoms with E-state index < -0.39 is 11.2 Å². The third-order valence-electron chi connectivity index (χ3n) is 3.55. The average Bonchev–Trinajstić information content (AvgIpc) is 2.47. The zero-order valence-corrected chi connectivity index (χ0v) is 12.8. The third-order valence-corrected chi connectivity index (χ3v) is 4.88. The normalized spacial score (nSPS) is 17.4. The summed E-state index contributed by atoms with van der Waals surface area (Å²) >= 11 is 1.08. The van der Waals surface area contributed by atoms with Crippen LogP contribution in [-0.2, 0) is 4.79 Å². The lowest BCUT2D eigenvalue weighted by atomic mass is 9.95. The van der Waals surface area contributed by atoms with E-state index in [1.807, 2.05) is 6.92 Å². The van der Waals surface area contributed by atoms with Crippen molar-refractivity contribution in [2.45, 2.75) is 61.8 Å². The molecular formula is C13H20N4O3S. The van der Waals surface area contributed by atoms with Crippen LogP contribution in [0.15, 0.2) is 14.6 Å². The molecule has 2 rings (SSSR count). The monoisotopic (exact) mass is 312 g/mol. The lowest BCUT2D eigenvalue weighted by molar-refractivity contribution is -0.121. The summed E-state index contributed by atoms with van der Waals surface area (Å²) in [6, 6.07) is 0.239. The molecule has 3 N–H and O–H groups in total. The second kappa shape index (κ2) is 7.44. The van der Waals surface area contributed by atoms with Crippen LogP contribution in [0.2, 0.25) is 0 Å². The van der Waals surface area contributed by atoms with Crippen molar-refractivity contribution < 1.29 is 4.79 Å². The molecule has 1 fully saturated rings. The Balaban J connectivity index is 1.99. The third kappa shape index (κ3) is 4.45. The van der Waals surface area contributed by atoms with Crippen LogP contribution in [0.5, 0.6) is 0 Å². The number of amides is 1. The summed E-state index contributed by atoms with van der Waals surface area (Å²) in [5.74, 6) is -0.0678. The molecule has 0 unspecified atom stereocenters. The van der Waals surface area contributed by atoms with Crippen LogP contribution in [0.3, 0.4) is 0 Å². The van der Waals surface area contributed by atoms with Gasteiger partial charge in [-0.2, -0.15) is 5.10 Å². The Morgan fingerprint density at radius 2 is 2.10 bits per heavy atom. The summed E-state index contributed by atoms with van der Waals surface area (Å²) in [6.07, 6.45) is 6.15. The number of hydrogen-bond acceptors (Lipinski definition) is 5. The predicted molar refractivity (Wildman–Crippen MR) is 80.4 cm³/mol. The summed E-state index contributed by atoms with van der Waals surface area (Å²) < 4.78 is 0. The maximum Gasteiger partial charge on any atom is 0.342 e. The van der Waals surface area contributed by atoms with Gasteiger partial charge in [-0.25, -0.2) is 9.89 Å². The number of thioether (sulfide) groups is 1. The van der Waals surface area contributed by atoms with Gasteiger partial charge in [-0.3, -0.25) is 14.6 Å². The van der Waals surface area contributed by atoms with Crippen molar-refractivity contribution in [1.82, 2.24) is 20.5 Å². The highest BCUT2D eigenvalue weighted by molar-refractivity contribution is 8.00. The number of rotatable bonds is 5. The maximum atomic E-state index is 12.3. The number of nitrogens with one attached hydrogen (secondary N) is 3. The Hall–Kier alpha value is -1.57. The highest BCUT2D eigenvalue weighted by Gasteiger charge is 2.23. The smallest absolute Gasteiger partial charge is 0.342 e.